The van der Waals surface area contributed by atoms with Gasteiger partial charge in [-0.2, -0.15) is 0 Å². The van der Waals surface area contributed by atoms with Crippen LogP contribution >= 0.6 is 11.6 Å². The lowest BCUT2D eigenvalue weighted by Gasteiger charge is -2.25. The molecule has 0 unspecified atom stereocenters. The van der Waals surface area contributed by atoms with Crippen molar-refractivity contribution in [1.82, 2.24) is 5.32 Å². The summed E-state index contributed by atoms with van der Waals surface area (Å²) in [4.78, 5) is 12.6. The van der Waals surface area contributed by atoms with Crippen LogP contribution in [0.25, 0.3) is 0 Å². The number of carbonyl (C=O) groups is 1. The zero-order chi connectivity index (χ0) is 19.4. The van der Waals surface area contributed by atoms with Gasteiger partial charge in [0, 0.05) is 11.1 Å². The van der Waals surface area contributed by atoms with Crippen LogP contribution in [-0.2, 0) is 14.8 Å². The van der Waals surface area contributed by atoms with E-state index in [2.05, 4.69) is 5.32 Å². The van der Waals surface area contributed by atoms with Gasteiger partial charge >= 0.3 is 0 Å². The Labute approximate surface area is 165 Å². The molecule has 2 aromatic rings. The van der Waals surface area contributed by atoms with E-state index in [1.807, 2.05) is 19.1 Å². The summed E-state index contributed by atoms with van der Waals surface area (Å²) in [7, 11) is -3.90. The maximum absolute atomic E-state index is 13.2. The SMILES string of the molecule is Cc1ccc(N(CC(=O)NC2CCCC2)S(=O)(=O)c2ccc(Cl)cc2)cc1. The van der Waals surface area contributed by atoms with Crippen LogP contribution in [0.5, 0.6) is 0 Å². The molecule has 2 aromatic carbocycles. The number of aryl methyl sites for hydroxylation is 1. The normalized spacial score (nSPS) is 14.9. The molecule has 27 heavy (non-hydrogen) atoms. The monoisotopic (exact) mass is 406 g/mol. The minimum absolute atomic E-state index is 0.0983. The molecule has 1 saturated carbocycles. The van der Waals surface area contributed by atoms with E-state index in [0.29, 0.717) is 10.7 Å². The van der Waals surface area contributed by atoms with E-state index >= 15 is 0 Å². The first-order chi connectivity index (χ1) is 12.9. The fourth-order valence-electron chi connectivity index (χ4n) is 3.23. The third kappa shape index (κ3) is 4.82. The first-order valence-corrected chi connectivity index (χ1v) is 10.8. The highest BCUT2D eigenvalue weighted by atomic mass is 35.5. The van der Waals surface area contributed by atoms with Gasteiger partial charge in [0.05, 0.1) is 10.6 Å². The van der Waals surface area contributed by atoms with Gasteiger partial charge in [-0.25, -0.2) is 8.42 Å². The van der Waals surface area contributed by atoms with Gasteiger partial charge in [-0.3, -0.25) is 9.10 Å². The lowest BCUT2D eigenvalue weighted by molar-refractivity contribution is -0.120. The van der Waals surface area contributed by atoms with E-state index in [9.17, 15) is 13.2 Å². The Morgan fingerprint density at radius 3 is 2.26 bits per heavy atom. The Hall–Kier alpha value is -2.05. The third-order valence-corrected chi connectivity index (χ3v) is 6.77. The van der Waals surface area contributed by atoms with Crippen LogP contribution in [0.3, 0.4) is 0 Å². The Bertz CT molecular complexity index is 890. The highest BCUT2D eigenvalue weighted by molar-refractivity contribution is 7.92. The molecular formula is C20H23ClN2O3S. The molecule has 7 heteroatoms. The summed E-state index contributed by atoms with van der Waals surface area (Å²) < 4.78 is 27.6. The summed E-state index contributed by atoms with van der Waals surface area (Å²) in [5.74, 6) is -0.292. The summed E-state index contributed by atoms with van der Waals surface area (Å²) >= 11 is 5.88. The van der Waals surface area contributed by atoms with Gasteiger partial charge in [0.2, 0.25) is 5.91 Å². The molecule has 1 aliphatic rings. The fraction of sp³-hybridized carbons (Fsp3) is 0.350. The number of anilines is 1. The molecule has 144 valence electrons. The Morgan fingerprint density at radius 1 is 1.07 bits per heavy atom. The van der Waals surface area contributed by atoms with Crippen molar-refractivity contribution in [3.8, 4) is 0 Å². The van der Waals surface area contributed by atoms with Crippen LogP contribution in [-0.4, -0.2) is 26.9 Å². The Morgan fingerprint density at radius 2 is 1.67 bits per heavy atom. The molecular weight excluding hydrogens is 384 g/mol. The molecule has 0 spiro atoms. The average Bonchev–Trinajstić information content (AvgIpc) is 3.14. The maximum atomic E-state index is 13.2. The van der Waals surface area contributed by atoms with Crippen LogP contribution in [0.15, 0.2) is 53.4 Å². The molecule has 1 aliphatic carbocycles. The van der Waals surface area contributed by atoms with Crippen molar-refractivity contribution < 1.29 is 13.2 Å². The smallest absolute Gasteiger partial charge is 0.264 e. The number of nitrogens with zero attached hydrogens (tertiary/aromatic N) is 1. The molecule has 0 atom stereocenters. The minimum atomic E-state index is -3.90. The molecule has 0 saturated heterocycles. The zero-order valence-corrected chi connectivity index (χ0v) is 16.8. The number of hydrogen-bond acceptors (Lipinski definition) is 3. The van der Waals surface area contributed by atoms with E-state index in [-0.39, 0.29) is 23.4 Å². The van der Waals surface area contributed by atoms with Gasteiger partial charge in [-0.1, -0.05) is 42.1 Å². The van der Waals surface area contributed by atoms with Crippen molar-refractivity contribution in [2.45, 2.75) is 43.5 Å². The molecule has 1 N–H and O–H groups in total. The molecule has 3 rings (SSSR count). The molecule has 0 radical (unpaired) electrons. The first kappa shape index (κ1) is 19.7. The molecule has 0 aliphatic heterocycles. The number of halogens is 1. The zero-order valence-electron chi connectivity index (χ0n) is 15.2. The quantitative estimate of drug-likeness (QED) is 0.791. The number of nitrogens with one attached hydrogen (secondary N) is 1. The van der Waals surface area contributed by atoms with E-state index in [4.69, 9.17) is 11.6 Å². The molecule has 0 bridgehead atoms. The summed E-state index contributed by atoms with van der Waals surface area (Å²) in [5, 5.41) is 3.41. The van der Waals surface area contributed by atoms with E-state index in [1.54, 1.807) is 12.1 Å². The summed E-state index contributed by atoms with van der Waals surface area (Å²) in [5.41, 5.74) is 1.47. The summed E-state index contributed by atoms with van der Waals surface area (Å²) in [6.07, 6.45) is 4.08. The molecule has 1 fully saturated rings. The topological polar surface area (TPSA) is 66.5 Å². The second kappa shape index (κ2) is 8.31. The predicted molar refractivity (Wildman–Crippen MR) is 108 cm³/mol. The third-order valence-electron chi connectivity index (χ3n) is 4.73. The fourth-order valence-corrected chi connectivity index (χ4v) is 4.78. The number of carbonyl (C=O) groups excluding carboxylic acids is 1. The second-order valence-electron chi connectivity index (χ2n) is 6.85. The highest BCUT2D eigenvalue weighted by Crippen LogP contribution is 2.25. The summed E-state index contributed by atoms with van der Waals surface area (Å²) in [6, 6.07) is 13.2. The van der Waals surface area contributed by atoms with Crippen LogP contribution in [0, 0.1) is 6.92 Å². The number of benzene rings is 2. The van der Waals surface area contributed by atoms with E-state index < -0.39 is 10.0 Å². The molecule has 0 heterocycles. The Balaban J connectivity index is 1.90. The first-order valence-electron chi connectivity index (χ1n) is 9.00. The number of hydrogen-bond donors (Lipinski definition) is 1. The lowest BCUT2D eigenvalue weighted by atomic mass is 10.2. The van der Waals surface area contributed by atoms with Gasteiger partial charge in [-0.15, -0.1) is 0 Å². The average molecular weight is 407 g/mol. The largest absolute Gasteiger partial charge is 0.352 e. The van der Waals surface area contributed by atoms with Crippen LogP contribution in [0.1, 0.15) is 31.2 Å². The van der Waals surface area contributed by atoms with Gasteiger partial charge in [-0.05, 0) is 56.2 Å². The van der Waals surface area contributed by atoms with E-state index in [0.717, 1.165) is 35.6 Å². The Kier molecular flexibility index (Phi) is 6.07. The van der Waals surface area contributed by atoms with Gasteiger partial charge in [0.25, 0.3) is 10.0 Å². The maximum Gasteiger partial charge on any atom is 0.264 e. The minimum Gasteiger partial charge on any atom is -0.352 e. The summed E-state index contributed by atoms with van der Waals surface area (Å²) in [6.45, 7) is 1.67. The number of amides is 1. The van der Waals surface area contributed by atoms with Crippen molar-refractivity contribution in [2.24, 2.45) is 0 Å². The van der Waals surface area contributed by atoms with Gasteiger partial charge < -0.3 is 5.32 Å². The van der Waals surface area contributed by atoms with Crippen molar-refractivity contribution in [3.63, 3.8) is 0 Å². The number of sulfonamides is 1. The lowest BCUT2D eigenvalue weighted by Crippen LogP contribution is -2.43. The van der Waals surface area contributed by atoms with E-state index in [1.165, 1.54) is 24.3 Å². The second-order valence-corrected chi connectivity index (χ2v) is 9.15. The molecule has 1 amide bonds. The van der Waals surface area contributed by atoms with Crippen molar-refractivity contribution >= 4 is 33.2 Å². The van der Waals surface area contributed by atoms with Crippen LogP contribution in [0.4, 0.5) is 5.69 Å². The van der Waals surface area contributed by atoms with Crippen molar-refractivity contribution in [2.75, 3.05) is 10.8 Å². The van der Waals surface area contributed by atoms with Crippen molar-refractivity contribution in [3.05, 3.63) is 59.1 Å². The van der Waals surface area contributed by atoms with Crippen LogP contribution in [0.2, 0.25) is 5.02 Å². The predicted octanol–water partition coefficient (Wildman–Crippen LogP) is 3.90. The molecule has 5 nitrogen and oxygen atoms in total. The highest BCUT2D eigenvalue weighted by Gasteiger charge is 2.28. The van der Waals surface area contributed by atoms with Crippen molar-refractivity contribution in [1.29, 1.82) is 0 Å². The van der Waals surface area contributed by atoms with Gasteiger partial charge in [0.15, 0.2) is 0 Å². The van der Waals surface area contributed by atoms with Gasteiger partial charge in [0.1, 0.15) is 6.54 Å². The van der Waals surface area contributed by atoms with Crippen LogP contribution < -0.4 is 9.62 Å². The molecule has 0 aromatic heterocycles. The standard InChI is InChI=1S/C20H23ClN2O3S/c1-15-6-10-18(11-7-15)23(14-20(24)22-17-4-2-3-5-17)27(25,26)19-12-8-16(21)9-13-19/h6-13,17H,2-5,14H2,1H3,(H,22,24). The number of rotatable bonds is 6.